The number of aryl methyl sites for hydroxylation is 1. The van der Waals surface area contributed by atoms with Crippen molar-refractivity contribution >= 4 is 23.1 Å². The van der Waals surface area contributed by atoms with E-state index >= 15 is 0 Å². The highest BCUT2D eigenvalue weighted by Crippen LogP contribution is 2.34. The Labute approximate surface area is 188 Å². The summed E-state index contributed by atoms with van der Waals surface area (Å²) in [6.07, 6.45) is 1.69. The van der Waals surface area contributed by atoms with E-state index in [1.807, 2.05) is 19.1 Å². The van der Waals surface area contributed by atoms with Crippen molar-refractivity contribution in [2.45, 2.75) is 13.5 Å². The Morgan fingerprint density at radius 2 is 1.79 bits per heavy atom. The molecule has 4 aromatic rings. The van der Waals surface area contributed by atoms with Gasteiger partial charge >= 0.3 is 6.03 Å². The van der Waals surface area contributed by atoms with Gasteiger partial charge in [0.05, 0.1) is 5.69 Å². The zero-order chi connectivity index (χ0) is 22.8. The number of ether oxygens (including phenoxy) is 3. The lowest BCUT2D eigenvalue weighted by Gasteiger charge is -2.10. The van der Waals surface area contributed by atoms with Crippen LogP contribution in [0.1, 0.15) is 11.3 Å². The predicted molar refractivity (Wildman–Crippen MR) is 122 cm³/mol. The van der Waals surface area contributed by atoms with Crippen molar-refractivity contribution in [3.05, 3.63) is 88.5 Å². The molecule has 0 saturated heterocycles. The standard InChI is InChI=1S/C24H20N4O5/c1-15-3-2-10-28-22(29)12-18(25-23(15)28)13-31-19-7-4-16(5-8-19)26-24(30)27-17-6-9-20-21(11-17)33-14-32-20/h2-12H,13-14H2,1H3,(H2,26,27,30). The van der Waals surface area contributed by atoms with Crippen LogP contribution in [-0.2, 0) is 6.61 Å². The van der Waals surface area contributed by atoms with Gasteiger partial charge in [-0.2, -0.15) is 0 Å². The van der Waals surface area contributed by atoms with Crippen molar-refractivity contribution < 1.29 is 19.0 Å². The van der Waals surface area contributed by atoms with Gasteiger partial charge < -0.3 is 24.8 Å². The predicted octanol–water partition coefficient (Wildman–Crippen LogP) is 3.95. The number of carbonyl (C=O) groups excluding carboxylic acids is 1. The number of carbonyl (C=O) groups is 1. The molecule has 0 radical (unpaired) electrons. The highest BCUT2D eigenvalue weighted by molar-refractivity contribution is 5.99. The van der Waals surface area contributed by atoms with E-state index in [0.29, 0.717) is 40.0 Å². The van der Waals surface area contributed by atoms with Crippen molar-refractivity contribution in [2.24, 2.45) is 0 Å². The molecule has 2 aromatic heterocycles. The number of rotatable bonds is 5. The lowest BCUT2D eigenvalue weighted by atomic mass is 10.3. The summed E-state index contributed by atoms with van der Waals surface area (Å²) in [6.45, 7) is 2.23. The molecule has 166 valence electrons. The van der Waals surface area contributed by atoms with Crippen LogP contribution >= 0.6 is 0 Å². The van der Waals surface area contributed by atoms with Crippen molar-refractivity contribution in [1.82, 2.24) is 9.38 Å². The van der Waals surface area contributed by atoms with Gasteiger partial charge in [-0.25, -0.2) is 9.78 Å². The number of nitrogens with zero attached hydrogens (tertiary/aromatic N) is 2. The first-order chi connectivity index (χ1) is 16.0. The average molecular weight is 444 g/mol. The topological polar surface area (TPSA) is 103 Å². The SMILES string of the molecule is Cc1cccn2c(=O)cc(COc3ccc(NC(=O)Nc4ccc5c(c4)OCO5)cc3)nc12. The number of fused-ring (bicyclic) bond motifs is 2. The Balaban J connectivity index is 1.19. The van der Waals surface area contributed by atoms with E-state index in [-0.39, 0.29) is 19.0 Å². The van der Waals surface area contributed by atoms with Crippen LogP contribution in [0.25, 0.3) is 5.65 Å². The number of anilines is 2. The van der Waals surface area contributed by atoms with Gasteiger partial charge in [0.1, 0.15) is 18.0 Å². The van der Waals surface area contributed by atoms with Gasteiger partial charge in [-0.05, 0) is 55.0 Å². The number of pyridine rings is 1. The van der Waals surface area contributed by atoms with Gasteiger partial charge in [0, 0.05) is 29.7 Å². The van der Waals surface area contributed by atoms with Gasteiger partial charge in [0.2, 0.25) is 6.79 Å². The number of nitrogens with one attached hydrogen (secondary N) is 2. The number of benzene rings is 2. The Hall–Kier alpha value is -4.53. The highest BCUT2D eigenvalue weighted by Gasteiger charge is 2.14. The summed E-state index contributed by atoms with van der Waals surface area (Å²) in [4.78, 5) is 29.1. The molecule has 0 saturated carbocycles. The fourth-order valence-corrected chi connectivity index (χ4v) is 3.44. The summed E-state index contributed by atoms with van der Waals surface area (Å²) in [6, 6.07) is 16.9. The van der Waals surface area contributed by atoms with Crippen LogP contribution in [-0.4, -0.2) is 22.2 Å². The Kier molecular flexibility index (Phi) is 5.27. The van der Waals surface area contributed by atoms with Crippen LogP contribution in [0.2, 0.25) is 0 Å². The van der Waals surface area contributed by atoms with E-state index in [0.717, 1.165) is 5.56 Å². The molecule has 9 heteroatoms. The summed E-state index contributed by atoms with van der Waals surface area (Å²) < 4.78 is 17.8. The molecular formula is C24H20N4O5. The Morgan fingerprint density at radius 1 is 1.03 bits per heavy atom. The van der Waals surface area contributed by atoms with Crippen LogP contribution in [0.5, 0.6) is 17.2 Å². The van der Waals surface area contributed by atoms with E-state index < -0.39 is 6.03 Å². The van der Waals surface area contributed by atoms with Crippen LogP contribution in [0, 0.1) is 6.92 Å². The molecule has 5 rings (SSSR count). The number of amides is 2. The van der Waals surface area contributed by atoms with Gasteiger partial charge in [-0.15, -0.1) is 0 Å². The molecule has 1 aliphatic rings. The Morgan fingerprint density at radius 3 is 2.64 bits per heavy atom. The van der Waals surface area contributed by atoms with Crippen LogP contribution in [0.3, 0.4) is 0 Å². The molecule has 9 nitrogen and oxygen atoms in total. The van der Waals surface area contributed by atoms with E-state index in [9.17, 15) is 9.59 Å². The molecule has 2 amide bonds. The van der Waals surface area contributed by atoms with Crippen LogP contribution in [0.4, 0.5) is 16.2 Å². The lowest BCUT2D eigenvalue weighted by Crippen LogP contribution is -2.19. The fourth-order valence-electron chi connectivity index (χ4n) is 3.44. The molecule has 3 heterocycles. The molecule has 0 aliphatic carbocycles. The molecule has 0 unspecified atom stereocenters. The quantitative estimate of drug-likeness (QED) is 0.483. The summed E-state index contributed by atoms with van der Waals surface area (Å²) in [5.74, 6) is 1.83. The second-order valence-corrected chi connectivity index (χ2v) is 7.43. The first-order valence-electron chi connectivity index (χ1n) is 10.2. The van der Waals surface area contributed by atoms with Crippen molar-refractivity contribution in [2.75, 3.05) is 17.4 Å². The van der Waals surface area contributed by atoms with Gasteiger partial charge in [-0.1, -0.05) is 6.07 Å². The number of hydrogen-bond acceptors (Lipinski definition) is 6. The maximum atomic E-state index is 12.3. The minimum atomic E-state index is -0.390. The molecule has 1 aliphatic heterocycles. The highest BCUT2D eigenvalue weighted by atomic mass is 16.7. The second kappa shape index (κ2) is 8.54. The van der Waals surface area contributed by atoms with Gasteiger partial charge in [0.25, 0.3) is 5.56 Å². The summed E-state index contributed by atoms with van der Waals surface area (Å²) in [7, 11) is 0. The summed E-state index contributed by atoms with van der Waals surface area (Å²) >= 11 is 0. The molecule has 0 fully saturated rings. The van der Waals surface area contributed by atoms with Crippen molar-refractivity contribution in [3.63, 3.8) is 0 Å². The number of aromatic nitrogens is 2. The van der Waals surface area contributed by atoms with Gasteiger partial charge in [0.15, 0.2) is 11.5 Å². The molecule has 33 heavy (non-hydrogen) atoms. The second-order valence-electron chi connectivity index (χ2n) is 7.43. The maximum Gasteiger partial charge on any atom is 0.323 e. The lowest BCUT2D eigenvalue weighted by molar-refractivity contribution is 0.174. The molecule has 2 N–H and O–H groups in total. The molecule has 0 bridgehead atoms. The van der Waals surface area contributed by atoms with E-state index in [4.69, 9.17) is 14.2 Å². The summed E-state index contributed by atoms with van der Waals surface area (Å²) in [5.41, 5.74) is 3.08. The third kappa shape index (κ3) is 4.42. The van der Waals surface area contributed by atoms with E-state index in [1.165, 1.54) is 10.5 Å². The molecule has 0 atom stereocenters. The Bertz CT molecular complexity index is 1400. The third-order valence-electron chi connectivity index (χ3n) is 5.07. The fraction of sp³-hybridized carbons (Fsp3) is 0.125. The average Bonchev–Trinajstić information content (AvgIpc) is 3.27. The minimum absolute atomic E-state index is 0.150. The van der Waals surface area contributed by atoms with Crippen LogP contribution in [0.15, 0.2) is 71.7 Å². The minimum Gasteiger partial charge on any atom is -0.487 e. The first kappa shape index (κ1) is 20.4. The van der Waals surface area contributed by atoms with Gasteiger partial charge in [-0.3, -0.25) is 9.20 Å². The monoisotopic (exact) mass is 444 g/mol. The molecule has 2 aromatic carbocycles. The van der Waals surface area contributed by atoms with E-state index in [1.54, 1.807) is 48.7 Å². The third-order valence-corrected chi connectivity index (χ3v) is 5.07. The maximum absolute atomic E-state index is 12.3. The van der Waals surface area contributed by atoms with Crippen molar-refractivity contribution in [1.29, 1.82) is 0 Å². The van der Waals surface area contributed by atoms with E-state index in [2.05, 4.69) is 15.6 Å². The largest absolute Gasteiger partial charge is 0.487 e. The van der Waals surface area contributed by atoms with Crippen molar-refractivity contribution in [3.8, 4) is 17.2 Å². The first-order valence-corrected chi connectivity index (χ1v) is 10.2. The summed E-state index contributed by atoms with van der Waals surface area (Å²) in [5, 5.41) is 5.51. The number of hydrogen-bond donors (Lipinski definition) is 2. The molecular weight excluding hydrogens is 424 g/mol. The molecule has 0 spiro atoms. The van der Waals surface area contributed by atoms with Crippen LogP contribution < -0.4 is 30.4 Å². The normalized spacial score (nSPS) is 11.9. The zero-order valence-corrected chi connectivity index (χ0v) is 17.7. The smallest absolute Gasteiger partial charge is 0.323 e. The number of urea groups is 1. The zero-order valence-electron chi connectivity index (χ0n) is 17.7.